The molecule has 0 radical (unpaired) electrons. The molecule has 4 atom stereocenters. The topological polar surface area (TPSA) is 86.7 Å². The monoisotopic (exact) mass is 514 g/mol. The molecule has 194 valence electrons. The summed E-state index contributed by atoms with van der Waals surface area (Å²) in [5.74, 6) is -0.728. The standard InChI is InChI=1S/C28H35FN2O4S/c1-17-8-11-22(29)24(14-17)36(34,35)30-19-10-9-18(15-19)26(33)31-13-12-28(4)21-6-5-7-23(32)20(21)16-25(31)27(28,2)3/h5-8,11,14,18-19,25,30,32H,9-10,12-13,15-16H2,1-4H3/t18-,19-,25-,28+/m1/s1. The zero-order chi connectivity index (χ0) is 26.0. The summed E-state index contributed by atoms with van der Waals surface area (Å²) in [5, 5.41) is 10.6. The van der Waals surface area contributed by atoms with E-state index < -0.39 is 21.9 Å². The molecule has 8 heteroatoms. The van der Waals surface area contributed by atoms with E-state index in [-0.39, 0.29) is 39.3 Å². The predicted octanol–water partition coefficient (Wildman–Crippen LogP) is 4.43. The molecular weight excluding hydrogens is 479 g/mol. The molecule has 1 saturated carbocycles. The van der Waals surface area contributed by atoms with Gasteiger partial charge in [-0.3, -0.25) is 4.79 Å². The van der Waals surface area contributed by atoms with Gasteiger partial charge in [0.2, 0.25) is 15.9 Å². The van der Waals surface area contributed by atoms with Crippen molar-refractivity contribution in [3.8, 4) is 5.75 Å². The Labute approximate surface area is 213 Å². The van der Waals surface area contributed by atoms with Crippen LogP contribution in [0.3, 0.4) is 0 Å². The molecule has 3 aliphatic rings. The minimum Gasteiger partial charge on any atom is -0.508 e. The van der Waals surface area contributed by atoms with Crippen LogP contribution in [0.25, 0.3) is 0 Å². The summed E-state index contributed by atoms with van der Waals surface area (Å²) < 4.78 is 42.6. The number of phenols is 1. The summed E-state index contributed by atoms with van der Waals surface area (Å²) >= 11 is 0. The van der Waals surface area contributed by atoms with Crippen LogP contribution in [0.2, 0.25) is 0 Å². The van der Waals surface area contributed by atoms with Crippen LogP contribution >= 0.6 is 0 Å². The van der Waals surface area contributed by atoms with Crippen molar-refractivity contribution in [3.05, 3.63) is 58.9 Å². The third-order valence-electron chi connectivity index (χ3n) is 9.39. The van der Waals surface area contributed by atoms with Gasteiger partial charge in [-0.05, 0) is 79.3 Å². The van der Waals surface area contributed by atoms with Crippen LogP contribution in [-0.4, -0.2) is 43.0 Å². The number of phenolic OH excluding ortho intramolecular Hbond substituents is 1. The second-order valence-electron chi connectivity index (χ2n) is 11.6. The fourth-order valence-electron chi connectivity index (χ4n) is 6.84. The number of piperidine rings is 1. The molecule has 0 aromatic heterocycles. The number of nitrogens with one attached hydrogen (secondary N) is 1. The highest BCUT2D eigenvalue weighted by atomic mass is 32.2. The summed E-state index contributed by atoms with van der Waals surface area (Å²) in [4.78, 5) is 15.4. The summed E-state index contributed by atoms with van der Waals surface area (Å²) in [6, 6.07) is 9.28. The van der Waals surface area contributed by atoms with E-state index in [0.29, 0.717) is 37.8 Å². The van der Waals surface area contributed by atoms with Gasteiger partial charge in [0.1, 0.15) is 16.5 Å². The van der Waals surface area contributed by atoms with E-state index in [4.69, 9.17) is 0 Å². The van der Waals surface area contributed by atoms with Crippen LogP contribution in [0.5, 0.6) is 5.75 Å². The average Bonchev–Trinajstić information content (AvgIpc) is 3.25. The van der Waals surface area contributed by atoms with Crippen molar-refractivity contribution >= 4 is 15.9 Å². The number of rotatable bonds is 4. The lowest BCUT2D eigenvalue weighted by Crippen LogP contribution is -2.65. The quantitative estimate of drug-likeness (QED) is 0.632. The smallest absolute Gasteiger partial charge is 0.243 e. The lowest BCUT2D eigenvalue weighted by Gasteiger charge is -2.61. The molecule has 5 rings (SSSR count). The number of nitrogens with zero attached hydrogens (tertiary/aromatic N) is 1. The van der Waals surface area contributed by atoms with Crippen molar-refractivity contribution in [2.75, 3.05) is 6.54 Å². The highest BCUT2D eigenvalue weighted by molar-refractivity contribution is 7.89. The van der Waals surface area contributed by atoms with Gasteiger partial charge in [-0.15, -0.1) is 0 Å². The number of aromatic hydroxyl groups is 1. The number of halogens is 1. The van der Waals surface area contributed by atoms with Crippen molar-refractivity contribution in [1.82, 2.24) is 9.62 Å². The predicted molar refractivity (Wildman–Crippen MR) is 136 cm³/mol. The van der Waals surface area contributed by atoms with Gasteiger partial charge in [0.15, 0.2) is 0 Å². The average molecular weight is 515 g/mol. The molecule has 1 aliphatic heterocycles. The fourth-order valence-corrected chi connectivity index (χ4v) is 8.28. The summed E-state index contributed by atoms with van der Waals surface area (Å²) in [5.41, 5.74) is 2.42. The summed E-state index contributed by atoms with van der Waals surface area (Å²) in [7, 11) is -4.03. The molecular formula is C28H35FN2O4S. The van der Waals surface area contributed by atoms with Crippen molar-refractivity contribution in [2.24, 2.45) is 11.3 Å². The Morgan fingerprint density at radius 2 is 1.92 bits per heavy atom. The molecule has 2 aromatic carbocycles. The molecule has 1 saturated heterocycles. The van der Waals surface area contributed by atoms with Gasteiger partial charge in [-0.2, -0.15) is 0 Å². The number of likely N-dealkylation sites (tertiary alicyclic amines) is 1. The van der Waals surface area contributed by atoms with Gasteiger partial charge >= 0.3 is 0 Å². The molecule has 2 fully saturated rings. The first-order chi connectivity index (χ1) is 16.8. The van der Waals surface area contributed by atoms with E-state index in [2.05, 4.69) is 31.6 Å². The Kier molecular flexibility index (Phi) is 5.99. The van der Waals surface area contributed by atoms with E-state index in [1.807, 2.05) is 11.0 Å². The van der Waals surface area contributed by atoms with Crippen LogP contribution in [0.4, 0.5) is 4.39 Å². The first-order valence-electron chi connectivity index (χ1n) is 12.8. The van der Waals surface area contributed by atoms with Crippen molar-refractivity contribution in [1.29, 1.82) is 0 Å². The largest absolute Gasteiger partial charge is 0.508 e. The van der Waals surface area contributed by atoms with Gasteiger partial charge in [-0.1, -0.05) is 39.0 Å². The molecule has 0 spiro atoms. The van der Waals surface area contributed by atoms with Crippen molar-refractivity contribution < 1.29 is 22.7 Å². The summed E-state index contributed by atoms with van der Waals surface area (Å²) in [6.07, 6.45) is 2.92. The lowest BCUT2D eigenvalue weighted by molar-refractivity contribution is -0.148. The van der Waals surface area contributed by atoms with Crippen LogP contribution < -0.4 is 4.72 Å². The molecule has 36 heavy (non-hydrogen) atoms. The van der Waals surface area contributed by atoms with E-state index in [9.17, 15) is 22.7 Å². The lowest BCUT2D eigenvalue weighted by atomic mass is 9.51. The highest BCUT2D eigenvalue weighted by Gasteiger charge is 2.57. The maximum Gasteiger partial charge on any atom is 0.243 e. The van der Waals surface area contributed by atoms with Crippen LogP contribution in [0.15, 0.2) is 41.3 Å². The Bertz CT molecular complexity index is 1320. The van der Waals surface area contributed by atoms with Crippen LogP contribution in [0, 0.1) is 24.1 Å². The maximum atomic E-state index is 14.2. The second kappa shape index (κ2) is 8.55. The number of carbonyl (C=O) groups excluding carboxylic acids is 1. The number of benzene rings is 2. The minimum absolute atomic E-state index is 0.0532. The van der Waals surface area contributed by atoms with Gasteiger partial charge < -0.3 is 10.0 Å². The highest BCUT2D eigenvalue weighted by Crippen LogP contribution is 2.57. The van der Waals surface area contributed by atoms with Gasteiger partial charge in [-0.25, -0.2) is 17.5 Å². The molecule has 1 heterocycles. The Morgan fingerprint density at radius 1 is 1.17 bits per heavy atom. The Balaban J connectivity index is 1.34. The zero-order valence-electron chi connectivity index (χ0n) is 21.3. The number of hydrogen-bond donors (Lipinski definition) is 2. The van der Waals surface area contributed by atoms with Gasteiger partial charge in [0.05, 0.1) is 0 Å². The fraction of sp³-hybridized carbons (Fsp3) is 0.536. The molecule has 1 amide bonds. The van der Waals surface area contributed by atoms with Gasteiger partial charge in [0.25, 0.3) is 0 Å². The SMILES string of the molecule is Cc1ccc(F)c(S(=O)(=O)N[C@@H]2CC[C@@H](C(=O)N3CC[C@@]4(C)c5cccc(O)c5C[C@@H]3C4(C)C)C2)c1. The number of sulfonamides is 1. The molecule has 2 aliphatic carbocycles. The number of carbonyl (C=O) groups is 1. The van der Waals surface area contributed by atoms with Crippen molar-refractivity contribution in [3.63, 3.8) is 0 Å². The molecule has 2 aromatic rings. The van der Waals surface area contributed by atoms with Crippen LogP contribution in [-0.2, 0) is 26.7 Å². The number of fused-ring (bicyclic) bond motifs is 4. The Morgan fingerprint density at radius 3 is 2.67 bits per heavy atom. The minimum atomic E-state index is -4.03. The first kappa shape index (κ1) is 25.2. The molecule has 0 unspecified atom stereocenters. The number of aryl methyl sites for hydroxylation is 1. The first-order valence-corrected chi connectivity index (χ1v) is 14.2. The molecule has 2 bridgehead atoms. The zero-order valence-corrected chi connectivity index (χ0v) is 22.2. The third kappa shape index (κ3) is 3.84. The van der Waals surface area contributed by atoms with E-state index in [1.165, 1.54) is 17.7 Å². The van der Waals surface area contributed by atoms with Gasteiger partial charge in [0, 0.05) is 30.0 Å². The van der Waals surface area contributed by atoms with Crippen LogP contribution in [0.1, 0.15) is 63.1 Å². The van der Waals surface area contributed by atoms with E-state index in [1.54, 1.807) is 13.0 Å². The Hall–Kier alpha value is -2.45. The normalized spacial score (nSPS) is 29.1. The summed E-state index contributed by atoms with van der Waals surface area (Å²) in [6.45, 7) is 9.03. The second-order valence-corrected chi connectivity index (χ2v) is 13.3. The van der Waals surface area contributed by atoms with E-state index >= 15 is 0 Å². The van der Waals surface area contributed by atoms with Crippen molar-refractivity contribution in [2.45, 2.75) is 82.2 Å². The molecule has 6 nitrogen and oxygen atoms in total. The maximum absolute atomic E-state index is 14.2. The third-order valence-corrected chi connectivity index (χ3v) is 10.9. The number of hydrogen-bond acceptors (Lipinski definition) is 4. The molecule has 2 N–H and O–H groups in total. The number of amides is 1. The van der Waals surface area contributed by atoms with E-state index in [0.717, 1.165) is 18.1 Å².